The Labute approximate surface area is 179 Å². The van der Waals surface area contributed by atoms with Crippen molar-refractivity contribution in [3.05, 3.63) is 90.5 Å². The first-order valence-electron chi connectivity index (χ1n) is 9.93. The zero-order valence-electron chi connectivity index (χ0n) is 17.0. The summed E-state index contributed by atoms with van der Waals surface area (Å²) in [4.78, 5) is 9.03. The predicted octanol–water partition coefficient (Wildman–Crippen LogP) is 3.93. The van der Waals surface area contributed by atoms with Gasteiger partial charge in [0.1, 0.15) is 12.4 Å². The Hall–Kier alpha value is -4.20. The average molecular weight is 411 g/mol. The lowest BCUT2D eigenvalue weighted by Gasteiger charge is -2.12. The second kappa shape index (κ2) is 8.27. The minimum absolute atomic E-state index is 0.496. The van der Waals surface area contributed by atoms with Crippen molar-refractivity contribution < 1.29 is 4.74 Å². The molecule has 154 valence electrons. The summed E-state index contributed by atoms with van der Waals surface area (Å²) in [7, 11) is 1.86. The monoisotopic (exact) mass is 411 g/mol. The Bertz CT molecular complexity index is 1310. The van der Waals surface area contributed by atoms with Crippen LogP contribution >= 0.6 is 0 Å². The fraction of sp³-hybridized carbons (Fsp3) is 0.130. The van der Waals surface area contributed by atoms with E-state index >= 15 is 0 Å². The molecule has 0 bridgehead atoms. The van der Waals surface area contributed by atoms with Crippen LogP contribution in [0.15, 0.2) is 79.4 Å². The maximum absolute atomic E-state index is 6.09. The van der Waals surface area contributed by atoms with Gasteiger partial charge in [0.05, 0.1) is 30.0 Å². The molecule has 3 heterocycles. The molecule has 0 saturated heterocycles. The summed E-state index contributed by atoms with van der Waals surface area (Å²) in [6.45, 7) is 1.05. The summed E-state index contributed by atoms with van der Waals surface area (Å²) in [5, 5.41) is 12.7. The third-order valence-corrected chi connectivity index (χ3v) is 4.87. The summed E-state index contributed by atoms with van der Waals surface area (Å²) in [6.07, 6.45) is 7.13. The molecule has 0 radical (unpaired) electrons. The van der Waals surface area contributed by atoms with Gasteiger partial charge in [-0.05, 0) is 11.6 Å². The molecule has 0 aliphatic rings. The first kappa shape index (κ1) is 18.8. The van der Waals surface area contributed by atoms with Crippen molar-refractivity contribution >= 4 is 22.7 Å². The zero-order valence-corrected chi connectivity index (χ0v) is 17.0. The standard InChI is InChI=1S/C23H21N7O/c1-29-15-20(13-25-29)27-23-24-11-19-12-26-30(22(19)28-23)14-18-9-5-6-10-21(18)31-16-17-7-3-2-4-8-17/h2-13,15H,14,16H2,1H3,(H,24,27,28). The van der Waals surface area contributed by atoms with Gasteiger partial charge in [0.15, 0.2) is 5.65 Å². The Balaban J connectivity index is 1.38. The van der Waals surface area contributed by atoms with Gasteiger partial charge >= 0.3 is 0 Å². The van der Waals surface area contributed by atoms with Crippen LogP contribution in [-0.4, -0.2) is 29.5 Å². The van der Waals surface area contributed by atoms with Gasteiger partial charge in [-0.25, -0.2) is 9.67 Å². The smallest absolute Gasteiger partial charge is 0.229 e. The third-order valence-electron chi connectivity index (χ3n) is 4.87. The van der Waals surface area contributed by atoms with E-state index in [-0.39, 0.29) is 0 Å². The first-order valence-corrected chi connectivity index (χ1v) is 9.93. The Kier molecular flexibility index (Phi) is 5.02. The van der Waals surface area contributed by atoms with Gasteiger partial charge in [-0.15, -0.1) is 0 Å². The molecule has 5 rings (SSSR count). The highest BCUT2D eigenvalue weighted by molar-refractivity contribution is 5.75. The van der Waals surface area contributed by atoms with Crippen LogP contribution in [0.5, 0.6) is 5.75 Å². The van der Waals surface area contributed by atoms with Crippen LogP contribution in [0.25, 0.3) is 11.0 Å². The van der Waals surface area contributed by atoms with Crippen LogP contribution in [0, 0.1) is 0 Å². The lowest BCUT2D eigenvalue weighted by molar-refractivity contribution is 0.302. The fourth-order valence-corrected chi connectivity index (χ4v) is 3.33. The molecular weight excluding hydrogens is 390 g/mol. The molecule has 31 heavy (non-hydrogen) atoms. The molecule has 0 fully saturated rings. The van der Waals surface area contributed by atoms with Crippen LogP contribution in [-0.2, 0) is 20.2 Å². The van der Waals surface area contributed by atoms with Crippen LogP contribution in [0.1, 0.15) is 11.1 Å². The number of aryl methyl sites for hydroxylation is 1. The number of nitrogens with zero attached hydrogens (tertiary/aromatic N) is 6. The largest absolute Gasteiger partial charge is 0.489 e. The second-order valence-corrected chi connectivity index (χ2v) is 7.18. The Morgan fingerprint density at radius 1 is 0.935 bits per heavy atom. The van der Waals surface area contributed by atoms with Crippen molar-refractivity contribution in [2.45, 2.75) is 13.2 Å². The summed E-state index contributed by atoms with van der Waals surface area (Å²) in [5.41, 5.74) is 3.73. The Morgan fingerprint density at radius 2 is 1.77 bits per heavy atom. The summed E-state index contributed by atoms with van der Waals surface area (Å²) in [6, 6.07) is 18.1. The van der Waals surface area contributed by atoms with E-state index < -0.39 is 0 Å². The van der Waals surface area contributed by atoms with Gasteiger partial charge in [-0.3, -0.25) is 4.68 Å². The van der Waals surface area contributed by atoms with Crippen molar-refractivity contribution in [1.82, 2.24) is 29.5 Å². The number of fused-ring (bicyclic) bond motifs is 1. The van der Waals surface area contributed by atoms with Gasteiger partial charge in [0.2, 0.25) is 5.95 Å². The number of hydrogen-bond donors (Lipinski definition) is 1. The number of ether oxygens (including phenoxy) is 1. The lowest BCUT2D eigenvalue weighted by Crippen LogP contribution is -2.06. The maximum Gasteiger partial charge on any atom is 0.229 e. The van der Waals surface area contributed by atoms with Gasteiger partial charge in [0.25, 0.3) is 0 Å². The van der Waals surface area contributed by atoms with E-state index in [9.17, 15) is 0 Å². The molecule has 0 amide bonds. The number of aromatic nitrogens is 6. The van der Waals surface area contributed by atoms with E-state index in [1.807, 2.05) is 60.4 Å². The molecule has 0 aliphatic heterocycles. The van der Waals surface area contributed by atoms with E-state index in [0.29, 0.717) is 19.1 Å². The normalized spacial score (nSPS) is 11.0. The topological polar surface area (TPSA) is 82.7 Å². The van der Waals surface area contributed by atoms with Crippen molar-refractivity contribution in [3.63, 3.8) is 0 Å². The molecule has 1 N–H and O–H groups in total. The minimum atomic E-state index is 0.496. The van der Waals surface area contributed by atoms with E-state index in [2.05, 4.69) is 37.6 Å². The van der Waals surface area contributed by atoms with Crippen molar-refractivity contribution in [2.75, 3.05) is 5.32 Å². The molecular formula is C23H21N7O. The van der Waals surface area contributed by atoms with E-state index in [4.69, 9.17) is 4.74 Å². The SMILES string of the molecule is Cn1cc(Nc2ncc3cnn(Cc4ccccc4OCc4ccccc4)c3n2)cn1. The number of hydrogen-bond acceptors (Lipinski definition) is 6. The van der Waals surface area contributed by atoms with Crippen LogP contribution < -0.4 is 10.1 Å². The molecule has 0 aliphatic carbocycles. The number of benzene rings is 2. The van der Waals surface area contributed by atoms with E-state index in [1.165, 1.54) is 0 Å². The van der Waals surface area contributed by atoms with E-state index in [1.54, 1.807) is 23.3 Å². The summed E-state index contributed by atoms with van der Waals surface area (Å²) >= 11 is 0. The van der Waals surface area contributed by atoms with Gasteiger partial charge in [-0.1, -0.05) is 48.5 Å². The highest BCUT2D eigenvalue weighted by Crippen LogP contribution is 2.23. The number of nitrogens with one attached hydrogen (secondary N) is 1. The highest BCUT2D eigenvalue weighted by atomic mass is 16.5. The van der Waals surface area contributed by atoms with Gasteiger partial charge in [0, 0.05) is 25.0 Å². The van der Waals surface area contributed by atoms with Crippen molar-refractivity contribution in [1.29, 1.82) is 0 Å². The molecule has 2 aromatic carbocycles. The highest BCUT2D eigenvalue weighted by Gasteiger charge is 2.11. The quantitative estimate of drug-likeness (QED) is 0.437. The first-order chi connectivity index (χ1) is 15.2. The zero-order chi connectivity index (χ0) is 21.0. The molecule has 0 spiro atoms. The Morgan fingerprint density at radius 3 is 2.61 bits per heavy atom. The van der Waals surface area contributed by atoms with Crippen LogP contribution in [0.4, 0.5) is 11.6 Å². The van der Waals surface area contributed by atoms with Gasteiger partial charge in [-0.2, -0.15) is 15.2 Å². The molecule has 8 nitrogen and oxygen atoms in total. The second-order valence-electron chi connectivity index (χ2n) is 7.18. The maximum atomic E-state index is 6.09. The predicted molar refractivity (Wildman–Crippen MR) is 118 cm³/mol. The van der Waals surface area contributed by atoms with Crippen LogP contribution in [0.3, 0.4) is 0 Å². The van der Waals surface area contributed by atoms with E-state index in [0.717, 1.165) is 33.6 Å². The number of anilines is 2. The summed E-state index contributed by atoms with van der Waals surface area (Å²) < 4.78 is 9.67. The third kappa shape index (κ3) is 4.23. The fourth-order valence-electron chi connectivity index (χ4n) is 3.33. The molecule has 0 saturated carbocycles. The molecule has 8 heteroatoms. The average Bonchev–Trinajstić information content (AvgIpc) is 3.39. The van der Waals surface area contributed by atoms with Gasteiger partial charge < -0.3 is 10.1 Å². The molecule has 3 aromatic heterocycles. The molecule has 0 atom stereocenters. The van der Waals surface area contributed by atoms with Crippen LogP contribution in [0.2, 0.25) is 0 Å². The number of para-hydroxylation sites is 1. The number of rotatable bonds is 7. The van der Waals surface area contributed by atoms with Crippen molar-refractivity contribution in [3.8, 4) is 5.75 Å². The minimum Gasteiger partial charge on any atom is -0.489 e. The molecule has 5 aromatic rings. The lowest BCUT2D eigenvalue weighted by atomic mass is 10.2. The van der Waals surface area contributed by atoms with Crippen molar-refractivity contribution in [2.24, 2.45) is 7.05 Å². The molecule has 0 unspecified atom stereocenters. The summed E-state index contributed by atoms with van der Waals surface area (Å²) in [5.74, 6) is 1.33.